The molecular weight excluding hydrogens is 312 g/mol. The van der Waals surface area contributed by atoms with Gasteiger partial charge in [-0.05, 0) is 24.6 Å². The number of piperazine rings is 1. The number of benzene rings is 1. The summed E-state index contributed by atoms with van der Waals surface area (Å²) in [6.45, 7) is 8.34. The third-order valence-electron chi connectivity index (χ3n) is 4.46. The van der Waals surface area contributed by atoms with Crippen LogP contribution >= 0.6 is 11.6 Å². The molecule has 1 atom stereocenters. The number of rotatable bonds is 6. The predicted molar refractivity (Wildman–Crippen MR) is 93.9 cm³/mol. The molecule has 0 aliphatic carbocycles. The second-order valence-corrected chi connectivity index (χ2v) is 6.68. The third kappa shape index (κ3) is 4.85. The highest BCUT2D eigenvalue weighted by Crippen LogP contribution is 2.24. The summed E-state index contributed by atoms with van der Waals surface area (Å²) < 4.78 is 5.41. The maximum Gasteiger partial charge on any atom is 0.225 e. The Balaban J connectivity index is 1.90. The van der Waals surface area contributed by atoms with E-state index in [1.165, 1.54) is 0 Å². The highest BCUT2D eigenvalue weighted by Gasteiger charge is 2.24. The number of carbonyl (C=O) groups is 1. The van der Waals surface area contributed by atoms with Crippen LogP contribution in [0.4, 0.5) is 0 Å². The molecule has 4 nitrogen and oxygen atoms in total. The lowest BCUT2D eigenvalue weighted by Gasteiger charge is -2.36. The first-order chi connectivity index (χ1) is 11.0. The topological polar surface area (TPSA) is 32.8 Å². The summed E-state index contributed by atoms with van der Waals surface area (Å²) in [4.78, 5) is 16.7. The Kier molecular flexibility index (Phi) is 6.72. The number of ether oxygens (including phenoxy) is 1. The van der Waals surface area contributed by atoms with Gasteiger partial charge >= 0.3 is 0 Å². The molecule has 1 unspecified atom stereocenters. The Hall–Kier alpha value is -1.26. The van der Waals surface area contributed by atoms with Crippen molar-refractivity contribution >= 4 is 17.5 Å². The molecule has 1 heterocycles. The van der Waals surface area contributed by atoms with E-state index >= 15 is 0 Å². The smallest absolute Gasteiger partial charge is 0.225 e. The molecule has 0 aromatic heterocycles. The molecule has 1 aromatic carbocycles. The molecule has 1 aliphatic heterocycles. The van der Waals surface area contributed by atoms with E-state index in [4.69, 9.17) is 16.3 Å². The molecule has 0 spiro atoms. The van der Waals surface area contributed by atoms with Crippen molar-refractivity contribution in [3.8, 4) is 5.75 Å². The van der Waals surface area contributed by atoms with Gasteiger partial charge in [-0.2, -0.15) is 0 Å². The highest BCUT2D eigenvalue weighted by atomic mass is 35.5. The second-order valence-electron chi connectivity index (χ2n) is 6.25. The number of methoxy groups -OCH3 is 1. The summed E-state index contributed by atoms with van der Waals surface area (Å²) in [6.07, 6.45) is 2.03. The van der Waals surface area contributed by atoms with Gasteiger partial charge in [-0.15, -0.1) is 0 Å². The van der Waals surface area contributed by atoms with Crippen molar-refractivity contribution < 1.29 is 9.53 Å². The van der Waals surface area contributed by atoms with Crippen LogP contribution in [0.1, 0.15) is 32.3 Å². The van der Waals surface area contributed by atoms with E-state index in [0.29, 0.717) is 5.91 Å². The Morgan fingerprint density at radius 3 is 2.61 bits per heavy atom. The average molecular weight is 339 g/mol. The van der Waals surface area contributed by atoms with Crippen molar-refractivity contribution in [2.24, 2.45) is 5.92 Å². The first kappa shape index (κ1) is 18.1. The fourth-order valence-electron chi connectivity index (χ4n) is 3.11. The van der Waals surface area contributed by atoms with E-state index < -0.39 is 0 Å². The van der Waals surface area contributed by atoms with E-state index in [1.807, 2.05) is 30.0 Å². The third-order valence-corrected chi connectivity index (χ3v) is 4.70. The number of nitrogens with zero attached hydrogens (tertiary/aromatic N) is 2. The molecule has 2 rings (SSSR count). The monoisotopic (exact) mass is 338 g/mol. The number of halogens is 1. The lowest BCUT2D eigenvalue weighted by atomic mass is 10.0. The zero-order chi connectivity index (χ0) is 16.8. The molecule has 23 heavy (non-hydrogen) atoms. The van der Waals surface area contributed by atoms with E-state index in [9.17, 15) is 4.79 Å². The molecule has 0 radical (unpaired) electrons. The molecule has 0 bridgehead atoms. The zero-order valence-corrected chi connectivity index (χ0v) is 15.1. The van der Waals surface area contributed by atoms with Crippen LogP contribution in [-0.4, -0.2) is 49.0 Å². The molecule has 0 saturated carbocycles. The largest absolute Gasteiger partial charge is 0.496 e. The summed E-state index contributed by atoms with van der Waals surface area (Å²) in [5.74, 6) is 1.30. The molecule has 1 fully saturated rings. The fourth-order valence-corrected chi connectivity index (χ4v) is 3.30. The Morgan fingerprint density at radius 1 is 1.30 bits per heavy atom. The van der Waals surface area contributed by atoms with E-state index in [2.05, 4.69) is 11.8 Å². The van der Waals surface area contributed by atoms with Crippen LogP contribution in [0.5, 0.6) is 5.75 Å². The Bertz CT molecular complexity index is 528. The first-order valence-corrected chi connectivity index (χ1v) is 8.76. The van der Waals surface area contributed by atoms with Crippen molar-refractivity contribution in [1.82, 2.24) is 9.80 Å². The molecule has 1 aliphatic rings. The number of carbonyl (C=O) groups excluding carboxylic acids is 1. The number of amides is 1. The highest BCUT2D eigenvalue weighted by molar-refractivity contribution is 6.30. The van der Waals surface area contributed by atoms with Gasteiger partial charge in [-0.3, -0.25) is 9.69 Å². The first-order valence-electron chi connectivity index (χ1n) is 8.38. The lowest BCUT2D eigenvalue weighted by Crippen LogP contribution is -2.49. The van der Waals surface area contributed by atoms with E-state index in [1.54, 1.807) is 7.11 Å². The van der Waals surface area contributed by atoms with Crippen LogP contribution in [0.25, 0.3) is 0 Å². The molecule has 1 aromatic rings. The van der Waals surface area contributed by atoms with Gasteiger partial charge in [0.15, 0.2) is 0 Å². The minimum Gasteiger partial charge on any atom is -0.496 e. The number of hydrogen-bond donors (Lipinski definition) is 0. The minimum absolute atomic E-state index is 0.138. The SMILES string of the molecule is CCCC(C)C(=O)N1CCN(Cc2cc(Cl)ccc2OC)CC1. The Morgan fingerprint density at radius 2 is 2.00 bits per heavy atom. The average Bonchev–Trinajstić information content (AvgIpc) is 2.55. The second kappa shape index (κ2) is 8.55. The predicted octanol–water partition coefficient (Wildman–Crippen LogP) is 3.43. The maximum atomic E-state index is 12.4. The van der Waals surface area contributed by atoms with Crippen molar-refractivity contribution in [3.05, 3.63) is 28.8 Å². The quantitative estimate of drug-likeness (QED) is 0.796. The molecule has 0 N–H and O–H groups in total. The van der Waals surface area contributed by atoms with E-state index in [-0.39, 0.29) is 5.92 Å². The number of hydrogen-bond acceptors (Lipinski definition) is 3. The lowest BCUT2D eigenvalue weighted by molar-refractivity contribution is -0.137. The zero-order valence-electron chi connectivity index (χ0n) is 14.3. The van der Waals surface area contributed by atoms with Gasteiger partial charge in [0.2, 0.25) is 5.91 Å². The maximum absolute atomic E-state index is 12.4. The molecule has 5 heteroatoms. The van der Waals surface area contributed by atoms with Gasteiger partial charge < -0.3 is 9.64 Å². The van der Waals surface area contributed by atoms with Crippen molar-refractivity contribution in [3.63, 3.8) is 0 Å². The summed E-state index contributed by atoms with van der Waals surface area (Å²) in [7, 11) is 1.68. The van der Waals surface area contributed by atoms with Gasteiger partial charge in [0.25, 0.3) is 0 Å². The summed E-state index contributed by atoms with van der Waals surface area (Å²) in [5, 5.41) is 0.725. The summed E-state index contributed by atoms with van der Waals surface area (Å²) >= 11 is 6.09. The van der Waals surface area contributed by atoms with E-state index in [0.717, 1.165) is 61.9 Å². The van der Waals surface area contributed by atoms with Crippen molar-refractivity contribution in [2.45, 2.75) is 33.2 Å². The van der Waals surface area contributed by atoms with Crippen LogP contribution in [-0.2, 0) is 11.3 Å². The summed E-state index contributed by atoms with van der Waals surface area (Å²) in [5.41, 5.74) is 1.10. The van der Waals surface area contributed by atoms with Gasteiger partial charge in [-0.1, -0.05) is 31.9 Å². The fraction of sp³-hybridized carbons (Fsp3) is 0.611. The van der Waals surface area contributed by atoms with Gasteiger partial charge in [0.05, 0.1) is 7.11 Å². The Labute approximate surface area is 144 Å². The van der Waals surface area contributed by atoms with Gasteiger partial charge in [0.1, 0.15) is 5.75 Å². The van der Waals surface area contributed by atoms with Crippen molar-refractivity contribution in [1.29, 1.82) is 0 Å². The molecular formula is C18H27ClN2O2. The van der Waals surface area contributed by atoms with Crippen LogP contribution < -0.4 is 4.74 Å². The van der Waals surface area contributed by atoms with Gasteiger partial charge in [-0.25, -0.2) is 0 Å². The molecule has 128 valence electrons. The van der Waals surface area contributed by atoms with Crippen LogP contribution in [0.2, 0.25) is 5.02 Å². The van der Waals surface area contributed by atoms with Crippen LogP contribution in [0.3, 0.4) is 0 Å². The van der Waals surface area contributed by atoms with Crippen LogP contribution in [0.15, 0.2) is 18.2 Å². The molecule has 1 amide bonds. The van der Waals surface area contributed by atoms with Crippen LogP contribution in [0, 0.1) is 5.92 Å². The molecule has 1 saturated heterocycles. The standard InChI is InChI=1S/C18H27ClN2O2/c1-4-5-14(2)18(22)21-10-8-20(9-11-21)13-15-12-16(19)6-7-17(15)23-3/h6-7,12,14H,4-5,8-11,13H2,1-3H3. The normalized spacial score (nSPS) is 17.1. The van der Waals surface area contributed by atoms with Gasteiger partial charge in [0, 0.05) is 49.2 Å². The minimum atomic E-state index is 0.138. The summed E-state index contributed by atoms with van der Waals surface area (Å²) in [6, 6.07) is 5.71. The van der Waals surface area contributed by atoms with Crippen molar-refractivity contribution in [2.75, 3.05) is 33.3 Å².